The van der Waals surface area contributed by atoms with E-state index < -0.39 is 17.7 Å². The average Bonchev–Trinajstić information content (AvgIpc) is 3.29. The fourth-order valence-corrected chi connectivity index (χ4v) is 4.86. The van der Waals surface area contributed by atoms with Crippen LogP contribution in [0, 0.1) is 0 Å². The summed E-state index contributed by atoms with van der Waals surface area (Å²) >= 11 is 0. The van der Waals surface area contributed by atoms with Crippen molar-refractivity contribution < 1.29 is 18.0 Å². The molecule has 5 aromatic rings. The molecule has 5 rings (SSSR count). The Morgan fingerprint density at radius 3 is 2.16 bits per heavy atom. The van der Waals surface area contributed by atoms with Crippen LogP contribution in [0.4, 0.5) is 13.2 Å². The minimum atomic E-state index is -4.47. The van der Waals surface area contributed by atoms with Gasteiger partial charge in [0.15, 0.2) is 0 Å². The van der Waals surface area contributed by atoms with Gasteiger partial charge in [-0.3, -0.25) is 4.79 Å². The number of aromatic nitrogens is 1. The van der Waals surface area contributed by atoms with Gasteiger partial charge in [-0.1, -0.05) is 97.1 Å². The first-order chi connectivity index (χ1) is 18.4. The van der Waals surface area contributed by atoms with Gasteiger partial charge in [0.1, 0.15) is 0 Å². The maximum atomic E-state index is 13.6. The lowest BCUT2D eigenvalue weighted by molar-refractivity contribution is -0.137. The van der Waals surface area contributed by atoms with Crippen molar-refractivity contribution in [1.82, 2.24) is 9.88 Å². The number of hydrogen-bond donors (Lipinski definition) is 1. The summed E-state index contributed by atoms with van der Waals surface area (Å²) in [5.41, 5.74) is 3.58. The van der Waals surface area contributed by atoms with E-state index in [0.29, 0.717) is 18.7 Å². The molecule has 0 spiro atoms. The van der Waals surface area contributed by atoms with Crippen LogP contribution in [0.25, 0.3) is 10.9 Å². The molecule has 0 aliphatic heterocycles. The van der Waals surface area contributed by atoms with Crippen LogP contribution in [0.1, 0.15) is 40.2 Å². The lowest BCUT2D eigenvalue weighted by atomic mass is 9.87. The Kier molecular flexibility index (Phi) is 7.31. The Morgan fingerprint density at radius 1 is 0.789 bits per heavy atom. The number of fused-ring (bicyclic) bond motifs is 1. The highest BCUT2D eigenvalue weighted by molar-refractivity contribution is 5.87. The predicted octanol–water partition coefficient (Wildman–Crippen LogP) is 7.55. The van der Waals surface area contributed by atoms with Crippen LogP contribution in [0.15, 0.2) is 115 Å². The number of amides is 1. The Morgan fingerprint density at radius 2 is 1.45 bits per heavy atom. The minimum absolute atomic E-state index is 0.0213. The number of rotatable bonds is 8. The highest BCUT2D eigenvalue weighted by atomic mass is 19.4. The highest BCUT2D eigenvalue weighted by Crippen LogP contribution is 2.38. The molecular weight excluding hydrogens is 485 g/mol. The number of nitrogens with zero attached hydrogens (tertiary/aromatic N) is 1. The van der Waals surface area contributed by atoms with Crippen LogP contribution in [0.5, 0.6) is 0 Å². The van der Waals surface area contributed by atoms with Gasteiger partial charge in [-0.05, 0) is 34.4 Å². The molecule has 6 heteroatoms. The summed E-state index contributed by atoms with van der Waals surface area (Å²) in [6, 6.07) is 32.7. The second-order valence-electron chi connectivity index (χ2n) is 9.36. The van der Waals surface area contributed by atoms with Crippen molar-refractivity contribution in [3.63, 3.8) is 0 Å². The number of halogens is 3. The summed E-state index contributed by atoms with van der Waals surface area (Å²) in [6.45, 7) is 0.960. The third-order valence-electron chi connectivity index (χ3n) is 6.73. The number of benzene rings is 4. The zero-order valence-electron chi connectivity index (χ0n) is 20.7. The Labute approximate surface area is 219 Å². The molecule has 1 aromatic heterocycles. The van der Waals surface area contributed by atoms with Gasteiger partial charge in [0.2, 0.25) is 5.91 Å². The van der Waals surface area contributed by atoms with Crippen LogP contribution in [0.3, 0.4) is 0 Å². The summed E-state index contributed by atoms with van der Waals surface area (Å²) in [4.78, 5) is 13.1. The molecule has 38 heavy (non-hydrogen) atoms. The lowest BCUT2D eigenvalue weighted by Gasteiger charge is -2.19. The van der Waals surface area contributed by atoms with E-state index in [1.165, 1.54) is 12.1 Å². The predicted molar refractivity (Wildman–Crippen MR) is 144 cm³/mol. The molecule has 0 aliphatic carbocycles. The van der Waals surface area contributed by atoms with E-state index in [-0.39, 0.29) is 12.3 Å². The zero-order valence-corrected chi connectivity index (χ0v) is 20.7. The Balaban J connectivity index is 1.54. The normalized spacial score (nSPS) is 12.4. The van der Waals surface area contributed by atoms with Crippen LogP contribution in [-0.4, -0.2) is 10.5 Å². The van der Waals surface area contributed by atoms with E-state index in [1.807, 2.05) is 91.1 Å². The van der Waals surface area contributed by atoms with E-state index >= 15 is 0 Å². The molecule has 0 radical (unpaired) electrons. The second-order valence-corrected chi connectivity index (χ2v) is 9.36. The molecule has 3 nitrogen and oxygen atoms in total. The Bertz CT molecular complexity index is 1530. The van der Waals surface area contributed by atoms with Crippen molar-refractivity contribution in [2.24, 2.45) is 0 Å². The summed E-state index contributed by atoms with van der Waals surface area (Å²) < 4.78 is 43.0. The van der Waals surface area contributed by atoms with Crippen LogP contribution in [-0.2, 0) is 24.1 Å². The minimum Gasteiger partial charge on any atom is -0.352 e. The van der Waals surface area contributed by atoms with Crippen LogP contribution >= 0.6 is 0 Å². The van der Waals surface area contributed by atoms with Crippen molar-refractivity contribution >= 4 is 16.8 Å². The summed E-state index contributed by atoms with van der Waals surface area (Å²) in [6.07, 6.45) is -2.47. The maximum absolute atomic E-state index is 13.6. The number of nitrogens with one attached hydrogen (secondary N) is 1. The molecule has 1 atom stereocenters. The van der Waals surface area contributed by atoms with Gasteiger partial charge < -0.3 is 9.88 Å². The SMILES string of the molecule is O=C(CC(c1cccc(C(F)(F)F)c1)c1cn(Cc2ccccc2)c2ccccc12)NCc1ccccc1. The molecule has 0 bridgehead atoms. The van der Waals surface area contributed by atoms with E-state index in [4.69, 9.17) is 0 Å². The quantitative estimate of drug-likeness (QED) is 0.229. The van der Waals surface area contributed by atoms with Crippen molar-refractivity contribution in [3.8, 4) is 0 Å². The molecule has 1 amide bonds. The van der Waals surface area contributed by atoms with Gasteiger partial charge in [-0.2, -0.15) is 13.2 Å². The van der Waals surface area contributed by atoms with Gasteiger partial charge in [0.25, 0.3) is 0 Å². The number of carbonyl (C=O) groups is 1. The molecule has 0 saturated heterocycles. The summed E-state index contributed by atoms with van der Waals surface area (Å²) in [7, 11) is 0. The van der Waals surface area contributed by atoms with Crippen molar-refractivity contribution in [3.05, 3.63) is 143 Å². The maximum Gasteiger partial charge on any atom is 0.416 e. The third-order valence-corrected chi connectivity index (χ3v) is 6.73. The standard InChI is InChI=1S/C32H27F3N2O/c33-32(34,35)26-15-9-14-25(18-26)28(19-31(38)36-20-23-10-3-1-4-11-23)29-22-37(21-24-12-5-2-6-13-24)30-17-8-7-16-27(29)30/h1-18,22,28H,19-21H2,(H,36,38). The molecule has 1 N–H and O–H groups in total. The lowest BCUT2D eigenvalue weighted by Crippen LogP contribution is -2.25. The van der Waals surface area contributed by atoms with Gasteiger partial charge >= 0.3 is 6.18 Å². The largest absolute Gasteiger partial charge is 0.416 e. The fourth-order valence-electron chi connectivity index (χ4n) is 4.86. The molecule has 0 saturated carbocycles. The first-order valence-electron chi connectivity index (χ1n) is 12.5. The average molecular weight is 513 g/mol. The summed E-state index contributed by atoms with van der Waals surface area (Å²) in [5, 5.41) is 3.86. The molecule has 1 heterocycles. The zero-order chi connectivity index (χ0) is 26.5. The van der Waals surface area contributed by atoms with Crippen molar-refractivity contribution in [1.29, 1.82) is 0 Å². The van der Waals surface area contributed by atoms with Gasteiger partial charge in [-0.15, -0.1) is 0 Å². The molecule has 0 fully saturated rings. The van der Waals surface area contributed by atoms with E-state index in [0.717, 1.165) is 33.7 Å². The number of para-hydroxylation sites is 1. The number of alkyl halides is 3. The van der Waals surface area contributed by atoms with Gasteiger partial charge in [0, 0.05) is 42.5 Å². The van der Waals surface area contributed by atoms with E-state index in [9.17, 15) is 18.0 Å². The molecule has 4 aromatic carbocycles. The van der Waals surface area contributed by atoms with Crippen molar-refractivity contribution in [2.75, 3.05) is 0 Å². The summed E-state index contributed by atoms with van der Waals surface area (Å²) in [5.74, 6) is -0.786. The van der Waals surface area contributed by atoms with Crippen molar-refractivity contribution in [2.45, 2.75) is 31.6 Å². The monoisotopic (exact) mass is 512 g/mol. The topological polar surface area (TPSA) is 34.0 Å². The first-order valence-corrected chi connectivity index (χ1v) is 12.5. The highest BCUT2D eigenvalue weighted by Gasteiger charge is 2.32. The smallest absolute Gasteiger partial charge is 0.352 e. The van der Waals surface area contributed by atoms with Crippen LogP contribution in [0.2, 0.25) is 0 Å². The number of hydrogen-bond acceptors (Lipinski definition) is 1. The molecule has 192 valence electrons. The second kappa shape index (κ2) is 11.0. The van der Waals surface area contributed by atoms with Gasteiger partial charge in [0.05, 0.1) is 5.56 Å². The molecule has 0 aliphatic rings. The van der Waals surface area contributed by atoms with E-state index in [1.54, 1.807) is 6.07 Å². The molecule has 1 unspecified atom stereocenters. The van der Waals surface area contributed by atoms with Gasteiger partial charge in [-0.25, -0.2) is 0 Å². The first kappa shape index (κ1) is 25.3. The number of carbonyl (C=O) groups excluding carboxylic acids is 1. The van der Waals surface area contributed by atoms with E-state index in [2.05, 4.69) is 9.88 Å². The fraction of sp³-hybridized carbons (Fsp3) is 0.156. The van der Waals surface area contributed by atoms with Crippen LogP contribution < -0.4 is 5.32 Å². The Hall–Kier alpha value is -4.32. The molecular formula is C32H27F3N2O. The third kappa shape index (κ3) is 5.80.